The van der Waals surface area contributed by atoms with E-state index in [1.54, 1.807) is 12.1 Å². The average Bonchev–Trinajstić information content (AvgIpc) is 2.79. The normalized spacial score (nSPS) is 21.9. The Bertz CT molecular complexity index is 495. The van der Waals surface area contributed by atoms with Gasteiger partial charge in [-0.2, -0.15) is 0 Å². The van der Waals surface area contributed by atoms with E-state index in [1.807, 2.05) is 6.92 Å². The number of hydrogen-bond donors (Lipinski definition) is 2. The molecule has 0 heterocycles. The standard InChI is InChI=1S/C16H22O4/c1-3-4-14-15(20-12-6-5-11(18)9-12)8-7-13(10(2)17)16(14)19/h7-8,11-12,18-19H,3-6,9H2,1-2H3. The molecule has 0 saturated heterocycles. The summed E-state index contributed by atoms with van der Waals surface area (Å²) in [6.07, 6.45) is 3.42. The molecule has 0 radical (unpaired) electrons. The van der Waals surface area contributed by atoms with E-state index in [4.69, 9.17) is 4.74 Å². The Morgan fingerprint density at radius 1 is 1.40 bits per heavy atom. The summed E-state index contributed by atoms with van der Waals surface area (Å²) in [6, 6.07) is 3.36. The van der Waals surface area contributed by atoms with Gasteiger partial charge in [-0.3, -0.25) is 4.79 Å². The monoisotopic (exact) mass is 278 g/mol. The van der Waals surface area contributed by atoms with Crippen LogP contribution in [0.2, 0.25) is 0 Å². The van der Waals surface area contributed by atoms with Crippen molar-refractivity contribution in [3.63, 3.8) is 0 Å². The van der Waals surface area contributed by atoms with Gasteiger partial charge in [-0.05, 0) is 38.3 Å². The van der Waals surface area contributed by atoms with Crippen LogP contribution in [0.15, 0.2) is 12.1 Å². The summed E-state index contributed by atoms with van der Waals surface area (Å²) in [4.78, 5) is 11.5. The molecule has 2 rings (SSSR count). The molecule has 1 aromatic rings. The molecule has 4 heteroatoms. The molecule has 0 amide bonds. The number of aliphatic hydroxyl groups excluding tert-OH is 1. The van der Waals surface area contributed by atoms with Crippen LogP contribution in [-0.4, -0.2) is 28.2 Å². The van der Waals surface area contributed by atoms with Gasteiger partial charge in [0.05, 0.1) is 11.7 Å². The van der Waals surface area contributed by atoms with Gasteiger partial charge in [-0.15, -0.1) is 0 Å². The third-order valence-corrected chi connectivity index (χ3v) is 3.77. The molecular weight excluding hydrogens is 256 g/mol. The van der Waals surface area contributed by atoms with Crippen molar-refractivity contribution in [3.05, 3.63) is 23.3 Å². The average molecular weight is 278 g/mol. The minimum atomic E-state index is -0.292. The van der Waals surface area contributed by atoms with Crippen molar-refractivity contribution in [2.45, 2.75) is 58.2 Å². The van der Waals surface area contributed by atoms with Gasteiger partial charge in [0.15, 0.2) is 5.78 Å². The van der Waals surface area contributed by atoms with E-state index in [9.17, 15) is 15.0 Å². The molecule has 1 saturated carbocycles. The molecule has 110 valence electrons. The van der Waals surface area contributed by atoms with Gasteiger partial charge in [-0.1, -0.05) is 13.3 Å². The summed E-state index contributed by atoms with van der Waals surface area (Å²) in [5.74, 6) is 0.520. The zero-order chi connectivity index (χ0) is 14.7. The predicted molar refractivity (Wildman–Crippen MR) is 76.4 cm³/mol. The van der Waals surface area contributed by atoms with Gasteiger partial charge in [0.25, 0.3) is 0 Å². The molecule has 2 N–H and O–H groups in total. The molecule has 0 aromatic heterocycles. The van der Waals surface area contributed by atoms with Gasteiger partial charge >= 0.3 is 0 Å². The summed E-state index contributed by atoms with van der Waals surface area (Å²) in [6.45, 7) is 3.46. The van der Waals surface area contributed by atoms with Crippen LogP contribution in [0.1, 0.15) is 55.5 Å². The van der Waals surface area contributed by atoms with Crippen LogP contribution in [0, 0.1) is 0 Å². The highest BCUT2D eigenvalue weighted by molar-refractivity contribution is 5.97. The van der Waals surface area contributed by atoms with E-state index in [1.165, 1.54) is 6.92 Å². The summed E-state index contributed by atoms with van der Waals surface area (Å²) in [7, 11) is 0. The van der Waals surface area contributed by atoms with Crippen molar-refractivity contribution < 1.29 is 19.7 Å². The number of phenols is 1. The summed E-state index contributed by atoms with van der Waals surface area (Å²) >= 11 is 0. The zero-order valence-corrected chi connectivity index (χ0v) is 12.1. The van der Waals surface area contributed by atoms with Crippen LogP contribution in [0.25, 0.3) is 0 Å². The molecule has 1 aliphatic rings. The Kier molecular flexibility index (Phi) is 4.65. The Labute approximate surface area is 119 Å². The minimum absolute atomic E-state index is 0.0109. The lowest BCUT2D eigenvalue weighted by molar-refractivity contribution is 0.101. The number of aliphatic hydroxyl groups is 1. The number of carbonyl (C=O) groups is 1. The largest absolute Gasteiger partial charge is 0.507 e. The summed E-state index contributed by atoms with van der Waals surface area (Å²) in [5.41, 5.74) is 1.04. The fraction of sp³-hybridized carbons (Fsp3) is 0.562. The molecular formula is C16H22O4. The minimum Gasteiger partial charge on any atom is -0.507 e. The highest BCUT2D eigenvalue weighted by Crippen LogP contribution is 2.35. The van der Waals surface area contributed by atoms with Crippen LogP contribution < -0.4 is 4.74 Å². The van der Waals surface area contributed by atoms with Crippen LogP contribution in [0.5, 0.6) is 11.5 Å². The Morgan fingerprint density at radius 3 is 2.70 bits per heavy atom. The number of phenolic OH excluding ortho intramolecular Hbond substituents is 1. The van der Waals surface area contributed by atoms with Gasteiger partial charge in [-0.25, -0.2) is 0 Å². The predicted octanol–water partition coefficient (Wildman–Crippen LogP) is 2.84. The number of ketones is 1. The lowest BCUT2D eigenvalue weighted by Gasteiger charge is -2.18. The highest BCUT2D eigenvalue weighted by Gasteiger charge is 2.26. The van der Waals surface area contributed by atoms with Crippen LogP contribution in [0.4, 0.5) is 0 Å². The second-order valence-electron chi connectivity index (χ2n) is 5.45. The number of hydrogen-bond acceptors (Lipinski definition) is 4. The number of Topliss-reactive ketones (excluding diaryl/α,β-unsaturated/α-hetero) is 1. The third kappa shape index (κ3) is 3.12. The number of ether oxygens (including phenoxy) is 1. The molecule has 1 aromatic carbocycles. The van der Waals surface area contributed by atoms with Crippen molar-refractivity contribution in [1.82, 2.24) is 0 Å². The van der Waals surface area contributed by atoms with Crippen LogP contribution in [-0.2, 0) is 6.42 Å². The lowest BCUT2D eigenvalue weighted by atomic mass is 10.0. The van der Waals surface area contributed by atoms with Gasteiger partial charge in [0.2, 0.25) is 0 Å². The molecule has 0 spiro atoms. The molecule has 0 aliphatic heterocycles. The number of aromatic hydroxyl groups is 1. The van der Waals surface area contributed by atoms with Crippen LogP contribution >= 0.6 is 0 Å². The molecule has 20 heavy (non-hydrogen) atoms. The SMILES string of the molecule is CCCc1c(OC2CCC(O)C2)ccc(C(C)=O)c1O. The molecule has 1 aliphatic carbocycles. The smallest absolute Gasteiger partial charge is 0.163 e. The number of rotatable bonds is 5. The zero-order valence-electron chi connectivity index (χ0n) is 12.1. The molecule has 1 fully saturated rings. The van der Waals surface area contributed by atoms with E-state index in [0.29, 0.717) is 29.7 Å². The third-order valence-electron chi connectivity index (χ3n) is 3.77. The first kappa shape index (κ1) is 14.9. The van der Waals surface area contributed by atoms with Gasteiger partial charge in [0, 0.05) is 12.0 Å². The molecule has 0 bridgehead atoms. The lowest BCUT2D eigenvalue weighted by Crippen LogP contribution is -2.15. The van der Waals surface area contributed by atoms with E-state index in [-0.39, 0.29) is 23.7 Å². The van der Waals surface area contributed by atoms with Crippen molar-refractivity contribution in [2.24, 2.45) is 0 Å². The topological polar surface area (TPSA) is 66.8 Å². The first-order chi connectivity index (χ1) is 9.52. The number of benzene rings is 1. The van der Waals surface area contributed by atoms with Crippen LogP contribution in [0.3, 0.4) is 0 Å². The number of carbonyl (C=O) groups excluding carboxylic acids is 1. The maximum absolute atomic E-state index is 11.5. The Morgan fingerprint density at radius 2 is 2.15 bits per heavy atom. The Hall–Kier alpha value is -1.55. The van der Waals surface area contributed by atoms with E-state index < -0.39 is 0 Å². The Balaban J connectivity index is 2.27. The first-order valence-electron chi connectivity index (χ1n) is 7.23. The van der Waals surface area contributed by atoms with Crippen molar-refractivity contribution in [3.8, 4) is 11.5 Å². The molecule has 4 nitrogen and oxygen atoms in total. The second-order valence-corrected chi connectivity index (χ2v) is 5.45. The molecule has 2 atom stereocenters. The van der Waals surface area contributed by atoms with E-state index in [2.05, 4.69) is 0 Å². The first-order valence-corrected chi connectivity index (χ1v) is 7.23. The van der Waals surface area contributed by atoms with Crippen molar-refractivity contribution in [2.75, 3.05) is 0 Å². The fourth-order valence-electron chi connectivity index (χ4n) is 2.71. The highest BCUT2D eigenvalue weighted by atomic mass is 16.5. The molecule has 2 unspecified atom stereocenters. The fourth-order valence-corrected chi connectivity index (χ4v) is 2.71. The van der Waals surface area contributed by atoms with E-state index >= 15 is 0 Å². The maximum Gasteiger partial charge on any atom is 0.163 e. The maximum atomic E-state index is 11.5. The van der Waals surface area contributed by atoms with Crippen molar-refractivity contribution >= 4 is 5.78 Å². The second kappa shape index (κ2) is 6.27. The summed E-state index contributed by atoms with van der Waals surface area (Å²) < 4.78 is 5.91. The van der Waals surface area contributed by atoms with Gasteiger partial charge < -0.3 is 14.9 Å². The van der Waals surface area contributed by atoms with Crippen molar-refractivity contribution in [1.29, 1.82) is 0 Å². The van der Waals surface area contributed by atoms with E-state index in [0.717, 1.165) is 19.3 Å². The quantitative estimate of drug-likeness (QED) is 0.813. The van der Waals surface area contributed by atoms with Gasteiger partial charge in [0.1, 0.15) is 17.6 Å². The summed E-state index contributed by atoms with van der Waals surface area (Å²) in [5, 5.41) is 19.8.